The summed E-state index contributed by atoms with van der Waals surface area (Å²) in [7, 11) is 0. The Labute approximate surface area is 247 Å². The molecule has 3 N–H and O–H groups in total. The molecular formula is C29H30Cl3NO5S. The second-order valence-corrected chi connectivity index (χ2v) is 12.5. The van der Waals surface area contributed by atoms with Crippen molar-refractivity contribution < 1.29 is 24.5 Å². The van der Waals surface area contributed by atoms with Crippen LogP contribution in [-0.4, -0.2) is 44.1 Å². The van der Waals surface area contributed by atoms with E-state index in [4.69, 9.17) is 44.3 Å². The first-order valence-electron chi connectivity index (χ1n) is 12.5. The first kappa shape index (κ1) is 30.2. The van der Waals surface area contributed by atoms with Crippen molar-refractivity contribution in [2.24, 2.45) is 0 Å². The van der Waals surface area contributed by atoms with Crippen LogP contribution in [0.5, 0.6) is 0 Å². The third kappa shape index (κ3) is 8.35. The fraction of sp³-hybridized carbons (Fsp3) is 0.345. The number of halogens is 3. The summed E-state index contributed by atoms with van der Waals surface area (Å²) in [6.45, 7) is 0.330. The van der Waals surface area contributed by atoms with Crippen molar-refractivity contribution in [1.82, 2.24) is 5.32 Å². The van der Waals surface area contributed by atoms with E-state index < -0.39 is 16.0 Å². The van der Waals surface area contributed by atoms with Crippen molar-refractivity contribution in [2.75, 3.05) is 18.1 Å². The number of amides is 1. The number of benzene rings is 3. The molecule has 1 saturated heterocycles. The predicted molar refractivity (Wildman–Crippen MR) is 157 cm³/mol. The number of hydrogen-bond acceptors (Lipinski definition) is 6. The van der Waals surface area contributed by atoms with E-state index in [-0.39, 0.29) is 32.0 Å². The maximum Gasteiger partial charge on any atom is 0.272 e. The van der Waals surface area contributed by atoms with Gasteiger partial charge in [-0.25, -0.2) is 0 Å². The third-order valence-electron chi connectivity index (χ3n) is 6.36. The lowest BCUT2D eigenvalue weighted by Gasteiger charge is -2.36. The minimum Gasteiger partial charge on any atom is -0.396 e. The number of hydrogen-bond donors (Lipinski definition) is 3. The van der Waals surface area contributed by atoms with Gasteiger partial charge in [-0.05, 0) is 27.8 Å². The summed E-state index contributed by atoms with van der Waals surface area (Å²) in [5, 5.41) is 21.2. The van der Waals surface area contributed by atoms with Crippen LogP contribution in [0, 0.1) is 0 Å². The zero-order valence-electron chi connectivity index (χ0n) is 21.1. The highest BCUT2D eigenvalue weighted by molar-refractivity contribution is 7.99. The van der Waals surface area contributed by atoms with Gasteiger partial charge in [0.25, 0.3) is 9.70 Å². The van der Waals surface area contributed by atoms with Crippen molar-refractivity contribution in [3.05, 3.63) is 95.1 Å². The standard InChI is InChI=1S/C29H30Cl3NO5S/c30-29(31,32)28(36)33-16-23-3-1-2-4-25(23)20-9-11-22(12-10-20)27-37-24(18-39-14-13-34)15-26(38-27)21-7-5-19(17-35)6-8-21/h1-12,24,26-27,34-35H,13-18H2,(H,33,36). The second kappa shape index (κ2) is 14.2. The van der Waals surface area contributed by atoms with Crippen LogP contribution in [0.1, 0.15) is 41.1 Å². The molecule has 0 spiro atoms. The zero-order chi connectivity index (χ0) is 27.8. The van der Waals surface area contributed by atoms with Gasteiger partial charge in [0.2, 0.25) is 0 Å². The first-order valence-corrected chi connectivity index (χ1v) is 14.8. The molecular weight excluding hydrogens is 581 g/mol. The lowest BCUT2D eigenvalue weighted by atomic mass is 9.98. The quantitative estimate of drug-likeness (QED) is 0.190. The number of nitrogens with one attached hydrogen (secondary N) is 1. The molecule has 1 amide bonds. The number of carbonyl (C=O) groups is 1. The maximum absolute atomic E-state index is 12.0. The SMILES string of the molecule is O=C(NCc1ccccc1-c1ccc(C2OC(CSCCO)CC(c3ccc(CO)cc3)O2)cc1)C(Cl)(Cl)Cl. The number of aliphatic hydroxyl groups is 2. The van der Waals surface area contributed by atoms with E-state index in [2.05, 4.69) is 5.32 Å². The van der Waals surface area contributed by atoms with E-state index in [9.17, 15) is 15.0 Å². The highest BCUT2D eigenvalue weighted by Gasteiger charge is 2.32. The van der Waals surface area contributed by atoms with Crippen LogP contribution in [0.2, 0.25) is 0 Å². The Kier molecular flexibility index (Phi) is 11.0. The van der Waals surface area contributed by atoms with E-state index in [0.717, 1.165) is 39.1 Å². The van der Waals surface area contributed by atoms with Crippen molar-refractivity contribution in [2.45, 2.75) is 41.9 Å². The van der Waals surface area contributed by atoms with Crippen LogP contribution in [-0.2, 0) is 27.4 Å². The predicted octanol–water partition coefficient (Wildman–Crippen LogP) is 6.10. The molecule has 10 heteroatoms. The molecule has 3 aromatic carbocycles. The van der Waals surface area contributed by atoms with Gasteiger partial charge < -0.3 is 25.0 Å². The molecule has 1 heterocycles. The molecule has 0 aliphatic carbocycles. The molecule has 1 aliphatic heterocycles. The molecule has 0 bridgehead atoms. The normalized spacial score (nSPS) is 19.6. The second-order valence-electron chi connectivity index (χ2n) is 9.11. The smallest absolute Gasteiger partial charge is 0.272 e. The fourth-order valence-electron chi connectivity index (χ4n) is 4.35. The zero-order valence-corrected chi connectivity index (χ0v) is 24.1. The van der Waals surface area contributed by atoms with E-state index in [1.165, 1.54) is 0 Å². The largest absolute Gasteiger partial charge is 0.396 e. The summed E-state index contributed by atoms with van der Waals surface area (Å²) in [4.78, 5) is 12.0. The molecule has 1 fully saturated rings. The Balaban J connectivity index is 1.52. The fourth-order valence-corrected chi connectivity index (χ4v) is 5.33. The van der Waals surface area contributed by atoms with Crippen molar-refractivity contribution in [3.63, 3.8) is 0 Å². The highest BCUT2D eigenvalue weighted by atomic mass is 35.6. The number of thioether (sulfide) groups is 1. The number of alkyl halides is 3. The summed E-state index contributed by atoms with van der Waals surface area (Å²) in [6, 6.07) is 23.4. The number of carbonyl (C=O) groups excluding carboxylic acids is 1. The summed E-state index contributed by atoms with van der Waals surface area (Å²) in [5.41, 5.74) is 5.54. The van der Waals surface area contributed by atoms with Crippen LogP contribution in [0.3, 0.4) is 0 Å². The van der Waals surface area contributed by atoms with Crippen LogP contribution in [0.4, 0.5) is 0 Å². The van der Waals surface area contributed by atoms with Gasteiger partial charge in [0, 0.05) is 30.0 Å². The van der Waals surface area contributed by atoms with Gasteiger partial charge in [-0.1, -0.05) is 108 Å². The van der Waals surface area contributed by atoms with Crippen LogP contribution < -0.4 is 5.32 Å². The molecule has 0 saturated carbocycles. The Morgan fingerprint density at radius 2 is 1.64 bits per heavy atom. The average molecular weight is 611 g/mol. The Morgan fingerprint density at radius 1 is 0.949 bits per heavy atom. The Hall–Kier alpha value is -1.81. The van der Waals surface area contributed by atoms with Crippen molar-refractivity contribution in [1.29, 1.82) is 0 Å². The Bertz CT molecular complexity index is 1220. The molecule has 1 aliphatic rings. The van der Waals surface area contributed by atoms with Gasteiger partial charge in [-0.3, -0.25) is 4.79 Å². The van der Waals surface area contributed by atoms with Crippen LogP contribution in [0.25, 0.3) is 11.1 Å². The monoisotopic (exact) mass is 609 g/mol. The summed E-state index contributed by atoms with van der Waals surface area (Å²) >= 11 is 18.7. The van der Waals surface area contributed by atoms with E-state index in [0.29, 0.717) is 12.2 Å². The molecule has 208 valence electrons. The van der Waals surface area contributed by atoms with Gasteiger partial charge in [0.05, 0.1) is 25.4 Å². The van der Waals surface area contributed by atoms with Crippen molar-refractivity contribution in [3.8, 4) is 11.1 Å². The van der Waals surface area contributed by atoms with Crippen molar-refractivity contribution >= 4 is 52.5 Å². The van der Waals surface area contributed by atoms with Gasteiger partial charge >= 0.3 is 0 Å². The molecule has 4 rings (SSSR count). The van der Waals surface area contributed by atoms with Gasteiger partial charge in [0.15, 0.2) is 6.29 Å². The molecule has 0 radical (unpaired) electrons. The molecule has 6 nitrogen and oxygen atoms in total. The molecule has 3 atom stereocenters. The summed E-state index contributed by atoms with van der Waals surface area (Å²) in [5.74, 6) is 0.714. The first-order chi connectivity index (χ1) is 18.8. The lowest BCUT2D eigenvalue weighted by molar-refractivity contribution is -0.245. The highest BCUT2D eigenvalue weighted by Crippen LogP contribution is 2.39. The van der Waals surface area contributed by atoms with E-state index in [1.54, 1.807) is 11.8 Å². The van der Waals surface area contributed by atoms with Gasteiger partial charge in [0.1, 0.15) is 0 Å². The van der Waals surface area contributed by atoms with Crippen LogP contribution in [0.15, 0.2) is 72.8 Å². The number of ether oxygens (including phenoxy) is 2. The molecule has 3 aromatic rings. The van der Waals surface area contributed by atoms with Crippen LogP contribution >= 0.6 is 46.6 Å². The molecule has 39 heavy (non-hydrogen) atoms. The van der Waals surface area contributed by atoms with E-state index in [1.807, 2.05) is 72.8 Å². The summed E-state index contributed by atoms with van der Waals surface area (Å²) < 4.78 is 10.7. The topological polar surface area (TPSA) is 88.0 Å². The minimum atomic E-state index is -2.02. The molecule has 3 unspecified atom stereocenters. The van der Waals surface area contributed by atoms with Gasteiger partial charge in [-0.2, -0.15) is 11.8 Å². The third-order valence-corrected chi connectivity index (χ3v) is 7.96. The minimum absolute atomic E-state index is 0.00722. The Morgan fingerprint density at radius 3 is 2.31 bits per heavy atom. The number of rotatable bonds is 10. The van der Waals surface area contributed by atoms with E-state index >= 15 is 0 Å². The average Bonchev–Trinajstić information content (AvgIpc) is 2.95. The van der Waals surface area contributed by atoms with Gasteiger partial charge in [-0.15, -0.1) is 0 Å². The molecule has 0 aromatic heterocycles. The number of aliphatic hydroxyl groups excluding tert-OH is 2. The maximum atomic E-state index is 12.0. The lowest BCUT2D eigenvalue weighted by Crippen LogP contribution is -2.34. The summed E-state index contributed by atoms with van der Waals surface area (Å²) in [6.07, 6.45) is -0.0875.